The van der Waals surface area contributed by atoms with Gasteiger partial charge in [-0.3, -0.25) is 4.79 Å². The smallest absolute Gasteiger partial charge is 0.369 e. The largest absolute Gasteiger partial charge is 0.416 e. The number of halogens is 3. The van der Waals surface area contributed by atoms with Crippen molar-refractivity contribution in [2.75, 3.05) is 48.8 Å². The van der Waals surface area contributed by atoms with E-state index in [2.05, 4.69) is 44.6 Å². The van der Waals surface area contributed by atoms with Crippen LogP contribution in [0.4, 0.5) is 36.2 Å². The van der Waals surface area contributed by atoms with Gasteiger partial charge in [0.05, 0.1) is 11.1 Å². The molecule has 1 saturated heterocycles. The van der Waals surface area contributed by atoms with Crippen LogP contribution < -0.4 is 15.5 Å². The highest BCUT2D eigenvalue weighted by Crippen LogP contribution is 2.34. The van der Waals surface area contributed by atoms with Gasteiger partial charge in [0.25, 0.3) is 5.91 Å². The van der Waals surface area contributed by atoms with Crippen LogP contribution in [-0.2, 0) is 6.18 Å². The van der Waals surface area contributed by atoms with E-state index in [4.69, 9.17) is 4.98 Å². The van der Waals surface area contributed by atoms with Crippen LogP contribution in [0.2, 0.25) is 0 Å². The summed E-state index contributed by atoms with van der Waals surface area (Å²) in [5, 5.41) is 6.90. The summed E-state index contributed by atoms with van der Waals surface area (Å²) < 4.78 is 40.1. The second-order valence-electron chi connectivity index (χ2n) is 11.4. The van der Waals surface area contributed by atoms with Gasteiger partial charge in [-0.25, -0.2) is 9.97 Å². The van der Waals surface area contributed by atoms with Gasteiger partial charge in [0.2, 0.25) is 5.95 Å². The summed E-state index contributed by atoms with van der Waals surface area (Å²) in [7, 11) is 2.14. The van der Waals surface area contributed by atoms with Crippen LogP contribution in [0.25, 0.3) is 22.0 Å². The van der Waals surface area contributed by atoms with E-state index in [0.717, 1.165) is 65.5 Å². The topological polar surface area (TPSA) is 73.4 Å². The Morgan fingerprint density at radius 2 is 1.60 bits per heavy atom. The lowest BCUT2D eigenvalue weighted by molar-refractivity contribution is -0.138. The number of alkyl halides is 3. The number of aryl methyl sites for hydroxylation is 1. The molecule has 0 atom stereocenters. The predicted molar refractivity (Wildman–Crippen MR) is 173 cm³/mol. The number of aromatic nitrogens is 2. The maximum absolute atomic E-state index is 13.4. The number of fused-ring (bicyclic) bond motifs is 1. The number of anilines is 4. The Hall–Kier alpha value is -4.96. The van der Waals surface area contributed by atoms with Crippen molar-refractivity contribution in [3.63, 3.8) is 0 Å². The van der Waals surface area contributed by atoms with Gasteiger partial charge in [0.15, 0.2) is 0 Å². The van der Waals surface area contributed by atoms with Crippen molar-refractivity contribution in [3.05, 3.63) is 107 Å². The molecule has 4 aromatic carbocycles. The molecule has 45 heavy (non-hydrogen) atoms. The molecule has 0 aliphatic carbocycles. The highest BCUT2D eigenvalue weighted by Gasteiger charge is 2.33. The number of carbonyl (C=O) groups is 1. The molecule has 0 saturated carbocycles. The Morgan fingerprint density at radius 1 is 0.867 bits per heavy atom. The van der Waals surface area contributed by atoms with E-state index in [0.29, 0.717) is 11.6 Å². The molecular formula is C35H33F3N6O. The number of hydrogen-bond donors (Lipinski definition) is 2. The molecule has 1 aromatic heterocycles. The van der Waals surface area contributed by atoms with E-state index in [9.17, 15) is 18.0 Å². The fourth-order valence-corrected chi connectivity index (χ4v) is 5.61. The molecule has 6 rings (SSSR count). The third kappa shape index (κ3) is 6.61. The fourth-order valence-electron chi connectivity index (χ4n) is 5.61. The van der Waals surface area contributed by atoms with Crippen LogP contribution in [0.15, 0.2) is 85.1 Å². The van der Waals surface area contributed by atoms with E-state index in [1.807, 2.05) is 49.4 Å². The zero-order chi connectivity index (χ0) is 31.7. The lowest BCUT2D eigenvalue weighted by Gasteiger charge is -2.34. The monoisotopic (exact) mass is 610 g/mol. The third-order valence-electron chi connectivity index (χ3n) is 8.26. The average molecular weight is 611 g/mol. The first kappa shape index (κ1) is 30.1. The first-order valence-corrected chi connectivity index (χ1v) is 14.7. The van der Waals surface area contributed by atoms with Gasteiger partial charge in [-0.15, -0.1) is 0 Å². The summed E-state index contributed by atoms with van der Waals surface area (Å²) in [5.74, 6) is -0.109. The molecule has 1 aliphatic rings. The van der Waals surface area contributed by atoms with E-state index >= 15 is 0 Å². The SMILES string of the molecule is Cc1ccc(NC(=O)c2cccc(C(F)(F)F)c2C)cc1-c1ccc2nc(Nc3ccc(N4CCN(C)CC4)cc3)ncc2c1. The van der Waals surface area contributed by atoms with E-state index < -0.39 is 17.6 Å². The first-order valence-electron chi connectivity index (χ1n) is 14.7. The Morgan fingerprint density at radius 3 is 2.33 bits per heavy atom. The van der Waals surface area contributed by atoms with Gasteiger partial charge in [-0.2, -0.15) is 13.2 Å². The van der Waals surface area contributed by atoms with Crippen LogP contribution in [-0.4, -0.2) is 54.0 Å². The van der Waals surface area contributed by atoms with Gasteiger partial charge in [0, 0.05) is 60.4 Å². The Labute approximate surface area is 259 Å². The summed E-state index contributed by atoms with van der Waals surface area (Å²) in [6, 6.07) is 23.2. The molecule has 0 radical (unpaired) electrons. The van der Waals surface area contributed by atoms with Crippen LogP contribution in [0.3, 0.4) is 0 Å². The van der Waals surface area contributed by atoms with Crippen LogP contribution >= 0.6 is 0 Å². The average Bonchev–Trinajstić information content (AvgIpc) is 3.02. The van der Waals surface area contributed by atoms with Gasteiger partial charge in [-0.1, -0.05) is 18.2 Å². The molecule has 2 N–H and O–H groups in total. The minimum absolute atomic E-state index is 0.0230. The lowest BCUT2D eigenvalue weighted by Crippen LogP contribution is -2.44. The highest BCUT2D eigenvalue weighted by atomic mass is 19.4. The molecule has 0 unspecified atom stereocenters. The van der Waals surface area contributed by atoms with E-state index in [-0.39, 0.29) is 11.1 Å². The van der Waals surface area contributed by atoms with E-state index in [1.54, 1.807) is 12.3 Å². The number of hydrogen-bond acceptors (Lipinski definition) is 6. The number of rotatable bonds is 6. The molecule has 10 heteroatoms. The fraction of sp³-hybridized carbons (Fsp3) is 0.229. The standard InChI is InChI=1S/C35H33F3N6O/c1-22-7-9-27(40-33(45)29-5-4-6-31(23(29)2)35(36,37)38)20-30(22)24-8-14-32-25(19-24)21-39-34(42-32)41-26-10-12-28(13-11-26)44-17-15-43(3)16-18-44/h4-14,19-21H,15-18H2,1-3H3,(H,40,45)(H,39,41,42). The van der Waals surface area contributed by atoms with Crippen molar-refractivity contribution >= 4 is 39.8 Å². The number of nitrogens with one attached hydrogen (secondary N) is 2. The third-order valence-corrected chi connectivity index (χ3v) is 8.26. The van der Waals surface area contributed by atoms with Crippen LogP contribution in [0.5, 0.6) is 0 Å². The highest BCUT2D eigenvalue weighted by molar-refractivity contribution is 6.06. The van der Waals surface area contributed by atoms with Crippen molar-refractivity contribution in [1.82, 2.24) is 14.9 Å². The van der Waals surface area contributed by atoms with Crippen molar-refractivity contribution in [2.24, 2.45) is 0 Å². The first-order chi connectivity index (χ1) is 21.5. The van der Waals surface area contributed by atoms with Crippen molar-refractivity contribution < 1.29 is 18.0 Å². The van der Waals surface area contributed by atoms with Gasteiger partial charge < -0.3 is 20.4 Å². The number of nitrogens with zero attached hydrogens (tertiary/aromatic N) is 4. The minimum atomic E-state index is -4.54. The normalized spacial score (nSPS) is 14.0. The minimum Gasteiger partial charge on any atom is -0.369 e. The molecule has 5 aromatic rings. The predicted octanol–water partition coefficient (Wildman–Crippen LogP) is 7.68. The lowest BCUT2D eigenvalue weighted by atomic mass is 9.98. The zero-order valence-electron chi connectivity index (χ0n) is 25.2. The second kappa shape index (κ2) is 12.2. The summed E-state index contributed by atoms with van der Waals surface area (Å²) in [5.41, 5.74) is 5.14. The quantitative estimate of drug-likeness (QED) is 0.206. The molecule has 1 aliphatic heterocycles. The molecule has 2 heterocycles. The molecule has 1 amide bonds. The number of piperazine rings is 1. The molecule has 230 valence electrons. The maximum atomic E-state index is 13.4. The van der Waals surface area contributed by atoms with Crippen molar-refractivity contribution in [1.29, 1.82) is 0 Å². The maximum Gasteiger partial charge on any atom is 0.416 e. The molecule has 1 fully saturated rings. The second-order valence-corrected chi connectivity index (χ2v) is 11.4. The number of carbonyl (C=O) groups excluding carboxylic acids is 1. The Kier molecular flexibility index (Phi) is 8.16. The number of benzene rings is 4. The van der Waals surface area contributed by atoms with E-state index in [1.165, 1.54) is 24.7 Å². The van der Waals surface area contributed by atoms with Gasteiger partial charge >= 0.3 is 6.18 Å². The molecular weight excluding hydrogens is 577 g/mol. The zero-order valence-corrected chi connectivity index (χ0v) is 25.2. The summed E-state index contributed by atoms with van der Waals surface area (Å²) in [6.45, 7) is 7.39. The molecule has 7 nitrogen and oxygen atoms in total. The molecule has 0 spiro atoms. The van der Waals surface area contributed by atoms with Gasteiger partial charge in [0.1, 0.15) is 0 Å². The van der Waals surface area contributed by atoms with Crippen molar-refractivity contribution in [3.8, 4) is 11.1 Å². The van der Waals surface area contributed by atoms with Crippen LogP contribution in [0, 0.1) is 13.8 Å². The summed E-state index contributed by atoms with van der Waals surface area (Å²) >= 11 is 0. The van der Waals surface area contributed by atoms with Crippen LogP contribution in [0.1, 0.15) is 27.0 Å². The van der Waals surface area contributed by atoms with Gasteiger partial charge in [-0.05, 0) is 104 Å². The summed E-state index contributed by atoms with van der Waals surface area (Å²) in [4.78, 5) is 26.9. The Balaban J connectivity index is 1.18. The number of likely N-dealkylation sites (N-methyl/N-ethyl adjacent to an activating group) is 1. The van der Waals surface area contributed by atoms with Crippen molar-refractivity contribution in [2.45, 2.75) is 20.0 Å². The Bertz CT molecular complexity index is 1860. The summed E-state index contributed by atoms with van der Waals surface area (Å²) in [6.07, 6.45) is -2.77. The molecule has 0 bridgehead atoms. The number of amides is 1.